The zero-order chi connectivity index (χ0) is 19.2. The van der Waals surface area contributed by atoms with E-state index in [1.54, 1.807) is 0 Å². The lowest BCUT2D eigenvalue weighted by molar-refractivity contribution is -0.0623. The van der Waals surface area contributed by atoms with Crippen LogP contribution in [0, 0.1) is 17.8 Å². The molecule has 3 aliphatic carbocycles. The van der Waals surface area contributed by atoms with Crippen molar-refractivity contribution in [3.8, 4) is 5.75 Å². The fraction of sp³-hybridized carbons (Fsp3) is 0.640. The summed E-state index contributed by atoms with van der Waals surface area (Å²) in [6, 6.07) is 4.87. The second-order valence-corrected chi connectivity index (χ2v) is 10.3. The first kappa shape index (κ1) is 16.9. The Bertz CT molecular complexity index is 1010. The lowest BCUT2D eigenvalue weighted by Crippen LogP contribution is -2.59. The van der Waals surface area contributed by atoms with Crippen LogP contribution >= 0.6 is 0 Å². The fourth-order valence-electron chi connectivity index (χ4n) is 7.46. The molecule has 1 spiro atoms. The van der Waals surface area contributed by atoms with Crippen LogP contribution < -0.4 is 4.74 Å². The van der Waals surface area contributed by atoms with E-state index in [9.17, 15) is 0 Å². The molecule has 0 amide bonds. The third-order valence-electron chi connectivity index (χ3n) is 8.75. The molecule has 1 aromatic carbocycles. The Balaban J connectivity index is 1.37. The number of nitrogens with zero attached hydrogens (tertiary/aromatic N) is 2. The Labute approximate surface area is 172 Å². The largest absolute Gasteiger partial charge is 0.465 e. The van der Waals surface area contributed by atoms with Crippen LogP contribution in [0.1, 0.15) is 62.7 Å². The molecule has 0 radical (unpaired) electrons. The van der Waals surface area contributed by atoms with E-state index in [2.05, 4.69) is 30.3 Å². The summed E-state index contributed by atoms with van der Waals surface area (Å²) in [6.45, 7) is 0. The zero-order valence-corrected chi connectivity index (χ0v) is 17.3. The summed E-state index contributed by atoms with van der Waals surface area (Å²) in [5.74, 6) is 4.46. The molecule has 3 unspecified atom stereocenters. The molecular formula is C25H30N2O2. The number of hydrogen-bond acceptors (Lipinski definition) is 4. The van der Waals surface area contributed by atoms with Gasteiger partial charge < -0.3 is 9.15 Å². The van der Waals surface area contributed by atoms with Gasteiger partial charge in [0.15, 0.2) is 0 Å². The number of aliphatic imine (C=N–C) groups is 1. The van der Waals surface area contributed by atoms with Crippen LogP contribution in [0.4, 0.5) is 5.69 Å². The van der Waals surface area contributed by atoms with Crippen molar-refractivity contribution >= 4 is 22.9 Å². The Kier molecular flexibility index (Phi) is 3.43. The number of fused-ring (bicyclic) bond motifs is 5. The van der Waals surface area contributed by atoms with Crippen LogP contribution in [0.15, 0.2) is 21.5 Å². The van der Waals surface area contributed by atoms with Crippen LogP contribution in [0.3, 0.4) is 0 Å². The van der Waals surface area contributed by atoms with Gasteiger partial charge in [-0.15, -0.1) is 0 Å². The molecule has 2 saturated carbocycles. The maximum atomic E-state index is 6.97. The Morgan fingerprint density at radius 1 is 1.00 bits per heavy atom. The van der Waals surface area contributed by atoms with E-state index in [1.807, 2.05) is 0 Å². The SMILES string of the molecule is CN1C2CC3CC(C2)CC(C3)C12C=Nc1c(ccc3oc4c(c13)CCCCC4)O2. The maximum Gasteiger partial charge on any atom is 0.202 e. The average Bonchev–Trinajstić information content (AvgIpc) is 2.85. The van der Waals surface area contributed by atoms with Crippen molar-refractivity contribution in [2.24, 2.45) is 22.7 Å². The van der Waals surface area contributed by atoms with Gasteiger partial charge in [-0.3, -0.25) is 9.89 Å². The number of rotatable bonds is 0. The highest BCUT2D eigenvalue weighted by Crippen LogP contribution is 2.55. The van der Waals surface area contributed by atoms with Gasteiger partial charge in [0.2, 0.25) is 5.72 Å². The summed E-state index contributed by atoms with van der Waals surface area (Å²) in [6.07, 6.45) is 14.8. The number of hydrogen-bond donors (Lipinski definition) is 0. The van der Waals surface area contributed by atoms with E-state index < -0.39 is 0 Å². The van der Waals surface area contributed by atoms with Crippen LogP contribution in [-0.2, 0) is 12.8 Å². The van der Waals surface area contributed by atoms with Crippen molar-refractivity contribution in [2.45, 2.75) is 76.0 Å². The van der Waals surface area contributed by atoms with Gasteiger partial charge in [-0.25, -0.2) is 0 Å². The standard InChI is InChI=1S/C25H30N2O2/c1-27-18-12-15-9-16(13-18)11-17(10-15)25(27)14-26-24-22(29-25)8-7-21-23(24)19-5-3-2-4-6-20(19)28-21/h7-8,14-18H,2-6,9-13H2,1H3. The third-order valence-corrected chi connectivity index (χ3v) is 8.75. The van der Waals surface area contributed by atoms with Crippen molar-refractivity contribution < 1.29 is 9.15 Å². The molecule has 4 heteroatoms. The summed E-state index contributed by atoms with van der Waals surface area (Å²) < 4.78 is 13.2. The quantitative estimate of drug-likeness (QED) is 0.547. The molecule has 4 heterocycles. The highest BCUT2D eigenvalue weighted by molar-refractivity contribution is 5.99. The molecule has 2 aromatic rings. The van der Waals surface area contributed by atoms with Crippen molar-refractivity contribution in [1.82, 2.24) is 4.90 Å². The van der Waals surface area contributed by atoms with Gasteiger partial charge in [-0.1, -0.05) is 6.42 Å². The summed E-state index contributed by atoms with van der Waals surface area (Å²) >= 11 is 0. The summed E-state index contributed by atoms with van der Waals surface area (Å²) in [4.78, 5) is 7.69. The first-order valence-corrected chi connectivity index (χ1v) is 11.8. The van der Waals surface area contributed by atoms with Gasteiger partial charge in [-0.2, -0.15) is 0 Å². The summed E-state index contributed by atoms with van der Waals surface area (Å²) in [5.41, 5.74) is 3.02. The smallest absolute Gasteiger partial charge is 0.202 e. The molecule has 6 aliphatic rings. The maximum absolute atomic E-state index is 6.97. The number of ether oxygens (including phenoxy) is 1. The normalized spacial score (nSPS) is 38.0. The fourth-order valence-corrected chi connectivity index (χ4v) is 7.46. The van der Waals surface area contributed by atoms with Gasteiger partial charge in [0.05, 0.1) is 11.6 Å². The average molecular weight is 391 g/mol. The monoisotopic (exact) mass is 390 g/mol. The van der Waals surface area contributed by atoms with Crippen molar-refractivity contribution in [1.29, 1.82) is 0 Å². The van der Waals surface area contributed by atoms with E-state index in [1.165, 1.54) is 68.1 Å². The van der Waals surface area contributed by atoms with Gasteiger partial charge in [0.25, 0.3) is 0 Å². The highest BCUT2D eigenvalue weighted by Gasteiger charge is 2.56. The molecule has 8 rings (SSSR count). The first-order chi connectivity index (χ1) is 14.2. The number of aryl methyl sites for hydroxylation is 2. The molecule has 3 aliphatic heterocycles. The molecule has 0 N–H and O–H groups in total. The summed E-state index contributed by atoms with van der Waals surface area (Å²) in [7, 11) is 2.28. The van der Waals surface area contributed by atoms with Crippen molar-refractivity contribution in [3.05, 3.63) is 23.5 Å². The minimum absolute atomic E-state index is 0.365. The topological polar surface area (TPSA) is 38.0 Å². The molecule has 4 fully saturated rings. The van der Waals surface area contributed by atoms with E-state index in [4.69, 9.17) is 14.1 Å². The molecule has 152 valence electrons. The Hall–Kier alpha value is -1.81. The summed E-state index contributed by atoms with van der Waals surface area (Å²) in [5, 5.41) is 1.22. The predicted molar refractivity (Wildman–Crippen MR) is 114 cm³/mol. The molecular weight excluding hydrogens is 360 g/mol. The molecule has 1 aromatic heterocycles. The highest BCUT2D eigenvalue weighted by atomic mass is 16.5. The van der Waals surface area contributed by atoms with Crippen LogP contribution in [0.25, 0.3) is 11.0 Å². The third kappa shape index (κ3) is 2.27. The molecule has 4 bridgehead atoms. The first-order valence-electron chi connectivity index (χ1n) is 11.8. The van der Waals surface area contributed by atoms with Crippen LogP contribution in [-0.4, -0.2) is 29.9 Å². The second-order valence-electron chi connectivity index (χ2n) is 10.3. The predicted octanol–water partition coefficient (Wildman–Crippen LogP) is 5.63. The lowest BCUT2D eigenvalue weighted by Gasteiger charge is -2.45. The number of furan rings is 1. The molecule has 29 heavy (non-hydrogen) atoms. The Morgan fingerprint density at radius 2 is 1.83 bits per heavy atom. The lowest BCUT2D eigenvalue weighted by atomic mass is 9.67. The van der Waals surface area contributed by atoms with E-state index in [0.717, 1.165) is 41.7 Å². The van der Waals surface area contributed by atoms with Crippen LogP contribution in [0.5, 0.6) is 5.75 Å². The molecule has 3 atom stereocenters. The number of benzene rings is 1. The van der Waals surface area contributed by atoms with E-state index >= 15 is 0 Å². The minimum Gasteiger partial charge on any atom is -0.465 e. The van der Waals surface area contributed by atoms with Crippen molar-refractivity contribution in [3.63, 3.8) is 0 Å². The van der Waals surface area contributed by atoms with E-state index in [-0.39, 0.29) is 5.72 Å². The van der Waals surface area contributed by atoms with Gasteiger partial charge in [-0.05, 0) is 82.4 Å². The van der Waals surface area contributed by atoms with Crippen LogP contribution in [0.2, 0.25) is 0 Å². The minimum atomic E-state index is -0.365. The molecule has 4 nitrogen and oxygen atoms in total. The van der Waals surface area contributed by atoms with E-state index in [0.29, 0.717) is 12.0 Å². The second kappa shape index (κ2) is 5.87. The van der Waals surface area contributed by atoms with Gasteiger partial charge >= 0.3 is 0 Å². The molecule has 2 saturated heterocycles. The van der Waals surface area contributed by atoms with Crippen molar-refractivity contribution in [2.75, 3.05) is 7.05 Å². The van der Waals surface area contributed by atoms with Gasteiger partial charge in [0, 0.05) is 23.9 Å². The van der Waals surface area contributed by atoms with Gasteiger partial charge in [0.1, 0.15) is 22.8 Å². The Morgan fingerprint density at radius 3 is 2.69 bits per heavy atom. The zero-order valence-electron chi connectivity index (χ0n) is 17.3.